The van der Waals surface area contributed by atoms with Gasteiger partial charge in [0.2, 0.25) is 0 Å². The third-order valence-electron chi connectivity index (χ3n) is 3.85. The molecule has 2 aliphatic rings. The molecule has 84 valence electrons. The molecule has 0 bridgehead atoms. The van der Waals surface area contributed by atoms with Crippen LogP contribution in [-0.2, 0) is 0 Å². The first-order valence-electron chi connectivity index (χ1n) is 6.17. The SMILES string of the molecule is Cc1cncc(C2=CCCC3CNCC23)c1. The summed E-state index contributed by atoms with van der Waals surface area (Å²) in [6, 6.07) is 2.26. The number of nitrogens with one attached hydrogen (secondary N) is 1. The number of hydrogen-bond acceptors (Lipinski definition) is 2. The fraction of sp³-hybridized carbons (Fsp3) is 0.500. The van der Waals surface area contributed by atoms with Gasteiger partial charge in [0.25, 0.3) is 0 Å². The number of allylic oxidation sites excluding steroid dienone is 1. The second kappa shape index (κ2) is 4.02. The van der Waals surface area contributed by atoms with Crippen molar-refractivity contribution in [1.29, 1.82) is 0 Å². The molecule has 0 radical (unpaired) electrons. The average molecular weight is 214 g/mol. The monoisotopic (exact) mass is 214 g/mol. The van der Waals surface area contributed by atoms with Crippen molar-refractivity contribution in [2.24, 2.45) is 11.8 Å². The Labute approximate surface area is 96.8 Å². The lowest BCUT2D eigenvalue weighted by Gasteiger charge is -2.26. The van der Waals surface area contributed by atoms with Gasteiger partial charge >= 0.3 is 0 Å². The summed E-state index contributed by atoms with van der Waals surface area (Å²) in [6.45, 7) is 4.45. The Kier molecular flexibility index (Phi) is 2.52. The highest BCUT2D eigenvalue weighted by molar-refractivity contribution is 5.68. The zero-order valence-electron chi connectivity index (χ0n) is 9.74. The number of fused-ring (bicyclic) bond motifs is 1. The Morgan fingerprint density at radius 3 is 3.12 bits per heavy atom. The van der Waals surface area contributed by atoms with Crippen molar-refractivity contribution in [2.75, 3.05) is 13.1 Å². The molecule has 1 fully saturated rings. The first kappa shape index (κ1) is 10.0. The Bertz CT molecular complexity index is 422. The Morgan fingerprint density at radius 1 is 1.31 bits per heavy atom. The molecule has 1 aliphatic carbocycles. The van der Waals surface area contributed by atoms with E-state index in [2.05, 4.69) is 29.4 Å². The number of pyridine rings is 1. The number of hydrogen-bond donors (Lipinski definition) is 1. The second-order valence-corrected chi connectivity index (χ2v) is 5.01. The van der Waals surface area contributed by atoms with Gasteiger partial charge in [-0.15, -0.1) is 0 Å². The molecule has 0 amide bonds. The quantitative estimate of drug-likeness (QED) is 0.776. The lowest BCUT2D eigenvalue weighted by molar-refractivity contribution is 0.454. The van der Waals surface area contributed by atoms with E-state index >= 15 is 0 Å². The lowest BCUT2D eigenvalue weighted by Crippen LogP contribution is -2.17. The van der Waals surface area contributed by atoms with Gasteiger partial charge in [0.05, 0.1) is 0 Å². The van der Waals surface area contributed by atoms with Crippen LogP contribution in [0.15, 0.2) is 24.5 Å². The third-order valence-corrected chi connectivity index (χ3v) is 3.85. The van der Waals surface area contributed by atoms with Crippen LogP contribution in [0.5, 0.6) is 0 Å². The van der Waals surface area contributed by atoms with Crippen molar-refractivity contribution in [1.82, 2.24) is 10.3 Å². The molecule has 1 aliphatic heterocycles. The molecule has 0 saturated carbocycles. The van der Waals surface area contributed by atoms with Crippen molar-refractivity contribution < 1.29 is 0 Å². The van der Waals surface area contributed by atoms with Gasteiger partial charge in [0, 0.05) is 24.9 Å². The topological polar surface area (TPSA) is 24.9 Å². The van der Waals surface area contributed by atoms with Crippen molar-refractivity contribution in [3.63, 3.8) is 0 Å². The van der Waals surface area contributed by atoms with Gasteiger partial charge in [0.1, 0.15) is 0 Å². The molecule has 2 nitrogen and oxygen atoms in total. The molecule has 16 heavy (non-hydrogen) atoms. The molecule has 2 unspecified atom stereocenters. The summed E-state index contributed by atoms with van der Waals surface area (Å²) in [4.78, 5) is 4.31. The summed E-state index contributed by atoms with van der Waals surface area (Å²) in [5, 5.41) is 3.52. The minimum absolute atomic E-state index is 0.720. The van der Waals surface area contributed by atoms with E-state index in [9.17, 15) is 0 Å². The minimum Gasteiger partial charge on any atom is -0.316 e. The highest BCUT2D eigenvalue weighted by Crippen LogP contribution is 2.38. The van der Waals surface area contributed by atoms with Gasteiger partial charge in [-0.05, 0) is 55.0 Å². The average Bonchev–Trinajstić information content (AvgIpc) is 2.76. The predicted octanol–water partition coefficient (Wildman–Crippen LogP) is 2.40. The Morgan fingerprint density at radius 2 is 2.25 bits per heavy atom. The predicted molar refractivity (Wildman–Crippen MR) is 66.0 cm³/mol. The van der Waals surface area contributed by atoms with E-state index < -0.39 is 0 Å². The first-order valence-corrected chi connectivity index (χ1v) is 6.17. The summed E-state index contributed by atoms with van der Waals surface area (Å²) in [6.07, 6.45) is 8.94. The molecule has 2 atom stereocenters. The standard InChI is InChI=1S/C14H18N2/c1-10-5-12(8-15-6-10)13-4-2-3-11-7-16-9-14(11)13/h4-6,8,11,14,16H,2-3,7,9H2,1H3. The van der Waals surface area contributed by atoms with Crippen molar-refractivity contribution in [3.05, 3.63) is 35.7 Å². The molecule has 1 N–H and O–H groups in total. The maximum atomic E-state index is 4.31. The van der Waals surface area contributed by atoms with E-state index in [1.54, 1.807) is 0 Å². The maximum Gasteiger partial charge on any atom is 0.0343 e. The minimum atomic E-state index is 0.720. The molecule has 2 heteroatoms. The first-order chi connectivity index (χ1) is 7.84. The van der Waals surface area contributed by atoms with Gasteiger partial charge in [-0.25, -0.2) is 0 Å². The number of rotatable bonds is 1. The largest absolute Gasteiger partial charge is 0.316 e. The number of nitrogens with zero attached hydrogens (tertiary/aromatic N) is 1. The second-order valence-electron chi connectivity index (χ2n) is 5.01. The normalized spacial score (nSPS) is 28.7. The smallest absolute Gasteiger partial charge is 0.0343 e. The highest BCUT2D eigenvalue weighted by Gasteiger charge is 2.32. The molecule has 0 aromatic carbocycles. The molecule has 1 saturated heterocycles. The van der Waals surface area contributed by atoms with Crippen LogP contribution < -0.4 is 5.32 Å². The van der Waals surface area contributed by atoms with E-state index in [-0.39, 0.29) is 0 Å². The fourth-order valence-corrected chi connectivity index (χ4v) is 3.05. The lowest BCUT2D eigenvalue weighted by atomic mass is 9.78. The van der Waals surface area contributed by atoms with Crippen LogP contribution in [0.2, 0.25) is 0 Å². The summed E-state index contributed by atoms with van der Waals surface area (Å²) in [7, 11) is 0. The summed E-state index contributed by atoms with van der Waals surface area (Å²) >= 11 is 0. The van der Waals surface area contributed by atoms with E-state index in [1.807, 2.05) is 12.4 Å². The van der Waals surface area contributed by atoms with Gasteiger partial charge in [-0.1, -0.05) is 6.08 Å². The molecule has 0 spiro atoms. The van der Waals surface area contributed by atoms with Gasteiger partial charge in [0.15, 0.2) is 0 Å². The molecule has 1 aromatic heterocycles. The Hall–Kier alpha value is -1.15. The zero-order valence-corrected chi connectivity index (χ0v) is 9.74. The zero-order chi connectivity index (χ0) is 11.0. The molecule has 3 rings (SSSR count). The molecular formula is C14H18N2. The van der Waals surface area contributed by atoms with E-state index in [4.69, 9.17) is 0 Å². The van der Waals surface area contributed by atoms with Crippen LogP contribution in [-0.4, -0.2) is 18.1 Å². The number of aromatic nitrogens is 1. The van der Waals surface area contributed by atoms with Gasteiger partial charge in [-0.2, -0.15) is 0 Å². The highest BCUT2D eigenvalue weighted by atomic mass is 14.9. The summed E-state index contributed by atoms with van der Waals surface area (Å²) in [5.74, 6) is 1.57. The van der Waals surface area contributed by atoms with Crippen molar-refractivity contribution in [2.45, 2.75) is 19.8 Å². The third kappa shape index (κ3) is 1.67. The molecule has 1 aromatic rings. The van der Waals surface area contributed by atoms with E-state index in [1.165, 1.54) is 36.1 Å². The number of aryl methyl sites for hydroxylation is 1. The summed E-state index contributed by atoms with van der Waals surface area (Å²) in [5.41, 5.74) is 4.11. The Balaban J connectivity index is 1.96. The molecular weight excluding hydrogens is 196 g/mol. The van der Waals surface area contributed by atoms with E-state index in [0.717, 1.165) is 18.4 Å². The van der Waals surface area contributed by atoms with Crippen LogP contribution in [0.4, 0.5) is 0 Å². The van der Waals surface area contributed by atoms with Crippen LogP contribution in [0.25, 0.3) is 5.57 Å². The van der Waals surface area contributed by atoms with Gasteiger partial charge in [-0.3, -0.25) is 4.98 Å². The summed E-state index contributed by atoms with van der Waals surface area (Å²) < 4.78 is 0. The molecule has 2 heterocycles. The van der Waals surface area contributed by atoms with Crippen LogP contribution in [0, 0.1) is 18.8 Å². The fourth-order valence-electron chi connectivity index (χ4n) is 3.05. The van der Waals surface area contributed by atoms with Crippen molar-refractivity contribution >= 4 is 5.57 Å². The van der Waals surface area contributed by atoms with E-state index in [0.29, 0.717) is 0 Å². The van der Waals surface area contributed by atoms with Crippen molar-refractivity contribution in [3.8, 4) is 0 Å². The van der Waals surface area contributed by atoms with Crippen LogP contribution in [0.1, 0.15) is 24.0 Å². The van der Waals surface area contributed by atoms with Crippen LogP contribution >= 0.6 is 0 Å². The van der Waals surface area contributed by atoms with Gasteiger partial charge < -0.3 is 5.32 Å². The maximum absolute atomic E-state index is 4.31. The van der Waals surface area contributed by atoms with Crippen LogP contribution in [0.3, 0.4) is 0 Å².